The molecule has 2 rings (SSSR count). The molecule has 21 heavy (non-hydrogen) atoms. The van der Waals surface area contributed by atoms with Crippen LogP contribution in [0.1, 0.15) is 5.56 Å². The molecule has 110 valence electrons. The number of anilines is 2. The van der Waals surface area contributed by atoms with Crippen LogP contribution in [0.15, 0.2) is 36.4 Å². The Hall–Kier alpha value is -2.63. The Morgan fingerprint density at radius 2 is 2.00 bits per heavy atom. The number of nitrogens with two attached hydrogens (primary N) is 1. The topological polar surface area (TPSA) is 64.3 Å². The molecule has 6 heteroatoms. The summed E-state index contributed by atoms with van der Waals surface area (Å²) in [6.07, 6.45) is 0. The highest BCUT2D eigenvalue weighted by molar-refractivity contribution is 5.92. The third-order valence-corrected chi connectivity index (χ3v) is 2.78. The summed E-state index contributed by atoms with van der Waals surface area (Å²) >= 11 is 0. The maximum atomic E-state index is 13.0. The molecule has 0 atom stereocenters. The summed E-state index contributed by atoms with van der Waals surface area (Å²) in [5.41, 5.74) is 6.31. The minimum Gasteiger partial charge on any atom is -0.483 e. The minimum absolute atomic E-state index is 0.0527. The van der Waals surface area contributed by atoms with Crippen LogP contribution < -0.4 is 15.8 Å². The van der Waals surface area contributed by atoms with Gasteiger partial charge in [-0.25, -0.2) is 8.78 Å². The van der Waals surface area contributed by atoms with Crippen molar-refractivity contribution in [2.24, 2.45) is 0 Å². The first-order chi connectivity index (χ1) is 9.95. The van der Waals surface area contributed by atoms with E-state index in [-0.39, 0.29) is 18.1 Å². The molecule has 0 saturated heterocycles. The Labute approximate surface area is 120 Å². The predicted molar refractivity (Wildman–Crippen MR) is 76.1 cm³/mol. The van der Waals surface area contributed by atoms with Crippen LogP contribution in [0.5, 0.6) is 5.75 Å². The molecule has 0 fully saturated rings. The molecule has 0 aliphatic rings. The number of nitrogens with one attached hydrogen (secondary N) is 1. The van der Waals surface area contributed by atoms with E-state index in [1.165, 1.54) is 30.3 Å². The van der Waals surface area contributed by atoms with Gasteiger partial charge in [-0.3, -0.25) is 4.79 Å². The Morgan fingerprint density at radius 3 is 2.67 bits per heavy atom. The summed E-state index contributed by atoms with van der Waals surface area (Å²) in [4.78, 5) is 11.7. The summed E-state index contributed by atoms with van der Waals surface area (Å²) in [6, 6.07) is 7.89. The van der Waals surface area contributed by atoms with Crippen LogP contribution in [0.25, 0.3) is 0 Å². The van der Waals surface area contributed by atoms with Crippen molar-refractivity contribution in [1.29, 1.82) is 0 Å². The minimum atomic E-state index is -0.550. The molecule has 0 radical (unpaired) electrons. The third kappa shape index (κ3) is 3.92. The standard InChI is InChI=1S/C15H14F2N2O2/c1-9-6-10(16)2-5-14(9)21-8-15(20)19-11-3-4-12(17)13(18)7-11/h2-7H,8,18H2,1H3,(H,19,20). The lowest BCUT2D eigenvalue weighted by Crippen LogP contribution is -2.20. The van der Waals surface area contributed by atoms with E-state index in [9.17, 15) is 13.6 Å². The molecule has 2 aromatic carbocycles. The molecule has 0 aliphatic heterocycles. The molecular formula is C15H14F2N2O2. The number of carbonyl (C=O) groups excluding carboxylic acids is 1. The van der Waals surface area contributed by atoms with Gasteiger partial charge in [0.05, 0.1) is 5.69 Å². The average molecular weight is 292 g/mol. The lowest BCUT2D eigenvalue weighted by Gasteiger charge is -2.10. The van der Waals surface area contributed by atoms with Gasteiger partial charge in [-0.05, 0) is 48.9 Å². The number of hydrogen-bond acceptors (Lipinski definition) is 3. The van der Waals surface area contributed by atoms with Crippen LogP contribution in [-0.2, 0) is 4.79 Å². The van der Waals surface area contributed by atoms with E-state index in [1.54, 1.807) is 6.92 Å². The molecule has 3 N–H and O–H groups in total. The molecule has 0 heterocycles. The van der Waals surface area contributed by atoms with Gasteiger partial charge in [-0.15, -0.1) is 0 Å². The highest BCUT2D eigenvalue weighted by Gasteiger charge is 2.07. The molecule has 0 aliphatic carbocycles. The fraction of sp³-hybridized carbons (Fsp3) is 0.133. The zero-order valence-electron chi connectivity index (χ0n) is 11.3. The maximum Gasteiger partial charge on any atom is 0.262 e. The molecule has 4 nitrogen and oxygen atoms in total. The van der Waals surface area contributed by atoms with Gasteiger partial charge in [-0.1, -0.05) is 0 Å². The van der Waals surface area contributed by atoms with E-state index in [0.29, 0.717) is 17.0 Å². The predicted octanol–water partition coefficient (Wildman–Crippen LogP) is 2.87. The van der Waals surface area contributed by atoms with Crippen molar-refractivity contribution in [3.05, 3.63) is 53.6 Å². The normalized spacial score (nSPS) is 10.2. The summed E-state index contributed by atoms with van der Waals surface area (Å²) < 4.78 is 31.2. The second-order valence-electron chi connectivity index (χ2n) is 4.48. The Morgan fingerprint density at radius 1 is 1.24 bits per heavy atom. The van der Waals surface area contributed by atoms with Crippen molar-refractivity contribution in [3.63, 3.8) is 0 Å². The number of carbonyl (C=O) groups is 1. The zero-order chi connectivity index (χ0) is 15.4. The number of amides is 1. The van der Waals surface area contributed by atoms with Crippen molar-refractivity contribution < 1.29 is 18.3 Å². The largest absolute Gasteiger partial charge is 0.483 e. The monoisotopic (exact) mass is 292 g/mol. The van der Waals surface area contributed by atoms with E-state index in [1.807, 2.05) is 0 Å². The second-order valence-corrected chi connectivity index (χ2v) is 4.48. The first-order valence-electron chi connectivity index (χ1n) is 6.19. The maximum absolute atomic E-state index is 13.0. The summed E-state index contributed by atoms with van der Waals surface area (Å²) in [5.74, 6) is -0.924. The fourth-order valence-electron chi connectivity index (χ4n) is 1.74. The van der Waals surface area contributed by atoms with E-state index < -0.39 is 11.7 Å². The van der Waals surface area contributed by atoms with Gasteiger partial charge >= 0.3 is 0 Å². The van der Waals surface area contributed by atoms with Crippen molar-refractivity contribution >= 4 is 17.3 Å². The van der Waals surface area contributed by atoms with E-state index in [0.717, 1.165) is 6.07 Å². The highest BCUT2D eigenvalue weighted by Crippen LogP contribution is 2.19. The average Bonchev–Trinajstić information content (AvgIpc) is 2.42. The summed E-state index contributed by atoms with van der Waals surface area (Å²) in [5, 5.41) is 2.53. The van der Waals surface area contributed by atoms with Gasteiger partial charge in [0.1, 0.15) is 17.4 Å². The SMILES string of the molecule is Cc1cc(F)ccc1OCC(=O)Nc1ccc(F)c(N)c1. The fourth-order valence-corrected chi connectivity index (χ4v) is 1.74. The van der Waals surface area contributed by atoms with Crippen LogP contribution in [0.3, 0.4) is 0 Å². The van der Waals surface area contributed by atoms with Gasteiger partial charge in [-0.2, -0.15) is 0 Å². The number of aryl methyl sites for hydroxylation is 1. The van der Waals surface area contributed by atoms with Crippen LogP contribution in [-0.4, -0.2) is 12.5 Å². The van der Waals surface area contributed by atoms with Crippen LogP contribution >= 0.6 is 0 Å². The van der Waals surface area contributed by atoms with Crippen LogP contribution in [0, 0.1) is 18.6 Å². The number of benzene rings is 2. The molecular weight excluding hydrogens is 278 g/mol. The molecule has 0 saturated carbocycles. The van der Waals surface area contributed by atoms with E-state index in [2.05, 4.69) is 5.32 Å². The quantitative estimate of drug-likeness (QED) is 0.852. The number of nitrogen functional groups attached to an aromatic ring is 1. The van der Waals surface area contributed by atoms with Crippen molar-refractivity contribution in [2.75, 3.05) is 17.7 Å². The first-order valence-corrected chi connectivity index (χ1v) is 6.19. The molecule has 0 aromatic heterocycles. The first kappa shape index (κ1) is 14.8. The van der Waals surface area contributed by atoms with Gasteiger partial charge in [0, 0.05) is 5.69 Å². The lowest BCUT2D eigenvalue weighted by atomic mass is 10.2. The van der Waals surface area contributed by atoms with Gasteiger partial charge in [0.25, 0.3) is 5.91 Å². The van der Waals surface area contributed by atoms with E-state index in [4.69, 9.17) is 10.5 Å². The third-order valence-electron chi connectivity index (χ3n) is 2.78. The van der Waals surface area contributed by atoms with Gasteiger partial charge in [0.2, 0.25) is 0 Å². The second kappa shape index (κ2) is 6.21. The Balaban J connectivity index is 1.94. The number of rotatable bonds is 4. The molecule has 0 spiro atoms. The summed E-state index contributed by atoms with van der Waals surface area (Å²) in [7, 11) is 0. The van der Waals surface area contributed by atoms with Gasteiger partial charge in [0.15, 0.2) is 6.61 Å². The van der Waals surface area contributed by atoms with Crippen molar-refractivity contribution in [2.45, 2.75) is 6.92 Å². The number of hydrogen-bond donors (Lipinski definition) is 2. The van der Waals surface area contributed by atoms with Crippen molar-refractivity contribution in [1.82, 2.24) is 0 Å². The molecule has 0 unspecified atom stereocenters. The zero-order valence-corrected chi connectivity index (χ0v) is 11.3. The van der Waals surface area contributed by atoms with Crippen LogP contribution in [0.2, 0.25) is 0 Å². The highest BCUT2D eigenvalue weighted by atomic mass is 19.1. The van der Waals surface area contributed by atoms with Gasteiger partial charge < -0.3 is 15.8 Å². The Kier molecular flexibility index (Phi) is 4.37. The van der Waals surface area contributed by atoms with Crippen LogP contribution in [0.4, 0.5) is 20.2 Å². The number of halogens is 2. The molecule has 1 amide bonds. The van der Waals surface area contributed by atoms with E-state index >= 15 is 0 Å². The Bertz CT molecular complexity index is 675. The number of ether oxygens (including phenoxy) is 1. The smallest absolute Gasteiger partial charge is 0.262 e. The summed E-state index contributed by atoms with van der Waals surface area (Å²) in [6.45, 7) is 1.43. The van der Waals surface area contributed by atoms with Crippen molar-refractivity contribution in [3.8, 4) is 5.75 Å². The molecule has 0 bridgehead atoms. The lowest BCUT2D eigenvalue weighted by molar-refractivity contribution is -0.118. The molecule has 2 aromatic rings.